The van der Waals surface area contributed by atoms with Gasteiger partial charge in [-0.3, -0.25) is 10.1 Å². The second kappa shape index (κ2) is 7.49. The molecule has 21 heavy (non-hydrogen) atoms. The molecule has 2 rings (SSSR count). The highest BCUT2D eigenvalue weighted by Crippen LogP contribution is 2.26. The Hall–Kier alpha value is -1.50. The standard InChI is InChI=1S/C15H21FN2O3/c1-11-15(19)18(7-8-21-10-9-20-2)14(17-11)12-5-3-4-6-13(12)16/h3-6,11,14,17H,7-10H2,1-2H3. The summed E-state index contributed by atoms with van der Waals surface area (Å²) in [6.07, 6.45) is -0.445. The fraction of sp³-hybridized carbons (Fsp3) is 0.533. The summed E-state index contributed by atoms with van der Waals surface area (Å²) in [5.41, 5.74) is 0.479. The van der Waals surface area contributed by atoms with Crippen LogP contribution in [0.3, 0.4) is 0 Å². The van der Waals surface area contributed by atoms with E-state index in [4.69, 9.17) is 9.47 Å². The molecular weight excluding hydrogens is 275 g/mol. The molecule has 0 aliphatic carbocycles. The summed E-state index contributed by atoms with van der Waals surface area (Å²) in [5.74, 6) is -0.360. The van der Waals surface area contributed by atoms with E-state index in [2.05, 4.69) is 5.32 Å². The quantitative estimate of drug-likeness (QED) is 0.771. The van der Waals surface area contributed by atoms with Gasteiger partial charge in [0.25, 0.3) is 0 Å². The van der Waals surface area contributed by atoms with Gasteiger partial charge in [-0.1, -0.05) is 18.2 Å². The average Bonchev–Trinajstić information content (AvgIpc) is 2.75. The Morgan fingerprint density at radius 3 is 2.76 bits per heavy atom. The van der Waals surface area contributed by atoms with E-state index in [1.165, 1.54) is 6.07 Å². The first kappa shape index (κ1) is 15.9. The van der Waals surface area contributed by atoms with E-state index in [1.54, 1.807) is 37.1 Å². The van der Waals surface area contributed by atoms with Gasteiger partial charge in [-0.05, 0) is 13.0 Å². The summed E-state index contributed by atoms with van der Waals surface area (Å²) < 4.78 is 24.2. The molecule has 1 aromatic rings. The van der Waals surface area contributed by atoms with Crippen molar-refractivity contribution in [3.05, 3.63) is 35.6 Å². The number of methoxy groups -OCH3 is 1. The predicted octanol–water partition coefficient (Wildman–Crippen LogP) is 1.31. The van der Waals surface area contributed by atoms with Crippen molar-refractivity contribution in [3.8, 4) is 0 Å². The van der Waals surface area contributed by atoms with Gasteiger partial charge < -0.3 is 14.4 Å². The van der Waals surface area contributed by atoms with Gasteiger partial charge in [-0.25, -0.2) is 4.39 Å². The summed E-state index contributed by atoms with van der Waals surface area (Å²) in [5, 5.41) is 3.12. The number of rotatable bonds is 7. The van der Waals surface area contributed by atoms with E-state index in [1.807, 2.05) is 0 Å². The molecule has 1 heterocycles. The lowest BCUT2D eigenvalue weighted by Crippen LogP contribution is -2.34. The van der Waals surface area contributed by atoms with Crippen LogP contribution < -0.4 is 5.32 Å². The van der Waals surface area contributed by atoms with Crippen LogP contribution in [-0.2, 0) is 14.3 Å². The SMILES string of the molecule is COCCOCCN1C(=O)C(C)NC1c1ccccc1F. The van der Waals surface area contributed by atoms with Crippen LogP contribution in [0.5, 0.6) is 0 Å². The molecule has 6 heteroatoms. The number of hydrogen-bond acceptors (Lipinski definition) is 4. The molecule has 1 saturated heterocycles. The van der Waals surface area contributed by atoms with Gasteiger partial charge in [-0.2, -0.15) is 0 Å². The van der Waals surface area contributed by atoms with Gasteiger partial charge in [0.1, 0.15) is 12.0 Å². The van der Waals surface area contributed by atoms with E-state index < -0.39 is 6.17 Å². The fourth-order valence-corrected chi connectivity index (χ4v) is 2.38. The van der Waals surface area contributed by atoms with Gasteiger partial charge in [0.05, 0.1) is 25.9 Å². The summed E-state index contributed by atoms with van der Waals surface area (Å²) in [4.78, 5) is 13.8. The zero-order chi connectivity index (χ0) is 15.2. The van der Waals surface area contributed by atoms with Crippen molar-refractivity contribution in [2.45, 2.75) is 19.1 Å². The van der Waals surface area contributed by atoms with Crippen LogP contribution >= 0.6 is 0 Å². The van der Waals surface area contributed by atoms with Crippen LogP contribution in [0.15, 0.2) is 24.3 Å². The number of halogens is 1. The lowest BCUT2D eigenvalue weighted by Gasteiger charge is -2.24. The van der Waals surface area contributed by atoms with E-state index >= 15 is 0 Å². The Balaban J connectivity index is 2.02. The number of amides is 1. The first-order chi connectivity index (χ1) is 10.1. The van der Waals surface area contributed by atoms with Crippen LogP contribution in [-0.4, -0.2) is 50.3 Å². The fourth-order valence-electron chi connectivity index (χ4n) is 2.38. The highest BCUT2D eigenvalue weighted by Gasteiger charge is 2.37. The van der Waals surface area contributed by atoms with Gasteiger partial charge in [0.2, 0.25) is 5.91 Å². The van der Waals surface area contributed by atoms with E-state index in [0.717, 1.165) is 0 Å². The number of carbonyl (C=O) groups is 1. The third-order valence-corrected chi connectivity index (χ3v) is 3.48. The average molecular weight is 296 g/mol. The Bertz CT molecular complexity index is 484. The van der Waals surface area contributed by atoms with Crippen LogP contribution in [0.25, 0.3) is 0 Å². The molecule has 0 saturated carbocycles. The maximum Gasteiger partial charge on any atom is 0.241 e. The van der Waals surface area contributed by atoms with Gasteiger partial charge in [0, 0.05) is 19.2 Å². The van der Waals surface area contributed by atoms with E-state index in [9.17, 15) is 9.18 Å². The first-order valence-electron chi connectivity index (χ1n) is 7.02. The van der Waals surface area contributed by atoms with Gasteiger partial charge in [0.15, 0.2) is 0 Å². The van der Waals surface area contributed by atoms with E-state index in [-0.39, 0.29) is 17.8 Å². The number of benzene rings is 1. The Morgan fingerprint density at radius 1 is 1.29 bits per heavy atom. The maximum absolute atomic E-state index is 13.9. The largest absolute Gasteiger partial charge is 0.382 e. The Morgan fingerprint density at radius 2 is 2.05 bits per heavy atom. The van der Waals surface area contributed by atoms with Crippen molar-refractivity contribution in [3.63, 3.8) is 0 Å². The summed E-state index contributed by atoms with van der Waals surface area (Å²) in [6.45, 7) is 3.58. The lowest BCUT2D eigenvalue weighted by molar-refractivity contribution is -0.130. The van der Waals surface area contributed by atoms with Gasteiger partial charge in [-0.15, -0.1) is 0 Å². The third kappa shape index (κ3) is 3.78. The van der Waals surface area contributed by atoms with Crippen LogP contribution in [0.4, 0.5) is 4.39 Å². The Kier molecular flexibility index (Phi) is 5.67. The monoisotopic (exact) mass is 296 g/mol. The Labute approximate surface area is 124 Å². The number of nitrogens with zero attached hydrogens (tertiary/aromatic N) is 1. The number of carbonyl (C=O) groups excluding carboxylic acids is 1. The van der Waals surface area contributed by atoms with Crippen LogP contribution in [0, 0.1) is 5.82 Å². The predicted molar refractivity (Wildman–Crippen MR) is 76.1 cm³/mol. The molecule has 0 radical (unpaired) electrons. The number of nitrogens with one attached hydrogen (secondary N) is 1. The first-order valence-corrected chi connectivity index (χ1v) is 7.02. The molecule has 116 valence electrons. The minimum absolute atomic E-state index is 0.0430. The topological polar surface area (TPSA) is 50.8 Å². The minimum Gasteiger partial charge on any atom is -0.382 e. The molecule has 2 unspecified atom stereocenters. The zero-order valence-corrected chi connectivity index (χ0v) is 12.3. The molecule has 1 aliphatic heterocycles. The third-order valence-electron chi connectivity index (χ3n) is 3.48. The minimum atomic E-state index is -0.445. The van der Waals surface area contributed by atoms with Crippen molar-refractivity contribution in [1.29, 1.82) is 0 Å². The summed E-state index contributed by atoms with van der Waals surface area (Å²) >= 11 is 0. The molecule has 5 nitrogen and oxygen atoms in total. The molecule has 1 aromatic carbocycles. The molecule has 1 N–H and O–H groups in total. The van der Waals surface area contributed by atoms with Crippen molar-refractivity contribution in [2.75, 3.05) is 33.5 Å². The van der Waals surface area contributed by atoms with Crippen LogP contribution in [0.2, 0.25) is 0 Å². The zero-order valence-electron chi connectivity index (χ0n) is 12.3. The molecule has 2 atom stereocenters. The lowest BCUT2D eigenvalue weighted by atomic mass is 10.1. The van der Waals surface area contributed by atoms with E-state index in [0.29, 0.717) is 31.9 Å². The van der Waals surface area contributed by atoms with Gasteiger partial charge >= 0.3 is 0 Å². The second-order valence-electron chi connectivity index (χ2n) is 4.95. The van der Waals surface area contributed by atoms with Crippen molar-refractivity contribution in [2.24, 2.45) is 0 Å². The van der Waals surface area contributed by atoms with Crippen molar-refractivity contribution < 1.29 is 18.7 Å². The second-order valence-corrected chi connectivity index (χ2v) is 4.95. The highest BCUT2D eigenvalue weighted by atomic mass is 19.1. The summed E-state index contributed by atoms with van der Waals surface area (Å²) in [6, 6.07) is 6.17. The number of hydrogen-bond donors (Lipinski definition) is 1. The molecule has 1 amide bonds. The van der Waals surface area contributed by atoms with Crippen molar-refractivity contribution >= 4 is 5.91 Å². The smallest absolute Gasteiger partial charge is 0.241 e. The molecule has 0 bridgehead atoms. The normalized spacial score (nSPS) is 22.0. The highest BCUT2D eigenvalue weighted by molar-refractivity contribution is 5.84. The molecule has 1 aliphatic rings. The summed E-state index contributed by atoms with van der Waals surface area (Å²) in [7, 11) is 1.60. The maximum atomic E-state index is 13.9. The van der Waals surface area contributed by atoms with Crippen LogP contribution in [0.1, 0.15) is 18.7 Å². The molecule has 0 aromatic heterocycles. The molecule has 1 fully saturated rings. The molecular formula is C15H21FN2O3. The number of ether oxygens (including phenoxy) is 2. The van der Waals surface area contributed by atoms with Crippen molar-refractivity contribution in [1.82, 2.24) is 10.2 Å². The molecule has 0 spiro atoms.